The van der Waals surface area contributed by atoms with E-state index in [9.17, 15) is 4.79 Å². The molecule has 0 saturated carbocycles. The number of benzene rings is 2. The van der Waals surface area contributed by atoms with Gasteiger partial charge in [-0.15, -0.1) is 0 Å². The third-order valence-corrected chi connectivity index (χ3v) is 5.87. The normalized spacial score (nSPS) is 14.8. The molecule has 1 saturated heterocycles. The zero-order valence-corrected chi connectivity index (χ0v) is 18.3. The predicted octanol–water partition coefficient (Wildman–Crippen LogP) is 3.93. The lowest BCUT2D eigenvalue weighted by Gasteiger charge is -2.32. The highest BCUT2D eigenvalue weighted by Crippen LogP contribution is 2.22. The maximum atomic E-state index is 12.4. The number of rotatable bonds is 9. The highest BCUT2D eigenvalue weighted by Gasteiger charge is 2.22. The molecule has 0 aromatic heterocycles. The maximum absolute atomic E-state index is 12.4. The summed E-state index contributed by atoms with van der Waals surface area (Å²) in [5.74, 6) is 0.651. The van der Waals surface area contributed by atoms with Gasteiger partial charge in [-0.2, -0.15) is 0 Å². The fraction of sp³-hybridized carbons (Fsp3) is 0.480. The van der Waals surface area contributed by atoms with Gasteiger partial charge in [0.15, 0.2) is 0 Å². The van der Waals surface area contributed by atoms with Gasteiger partial charge in [0.05, 0.1) is 6.61 Å². The minimum atomic E-state index is 0.0549. The molecular weight excluding hydrogens is 374 g/mol. The number of urea groups is 1. The van der Waals surface area contributed by atoms with Gasteiger partial charge in [0.2, 0.25) is 0 Å². The lowest BCUT2D eigenvalue weighted by atomic mass is 9.90. The number of piperidine rings is 1. The fourth-order valence-electron chi connectivity index (χ4n) is 3.98. The molecule has 1 aliphatic heterocycles. The average molecular weight is 410 g/mol. The predicted molar refractivity (Wildman–Crippen MR) is 121 cm³/mol. The highest BCUT2D eigenvalue weighted by molar-refractivity contribution is 5.74. The maximum Gasteiger partial charge on any atom is 0.317 e. The Hall–Kier alpha value is -2.37. The molecule has 2 amide bonds. The second kappa shape index (κ2) is 11.7. The van der Waals surface area contributed by atoms with Gasteiger partial charge < -0.3 is 15.0 Å². The molecule has 1 fully saturated rings. The Bertz CT molecular complexity index is 756. The van der Waals surface area contributed by atoms with Crippen molar-refractivity contribution >= 4 is 6.03 Å². The van der Waals surface area contributed by atoms with Gasteiger partial charge in [-0.1, -0.05) is 54.6 Å². The molecule has 0 unspecified atom stereocenters. The Morgan fingerprint density at radius 1 is 1.03 bits per heavy atom. The number of nitrogens with one attached hydrogen (secondary N) is 1. The molecule has 2 aromatic carbocycles. The van der Waals surface area contributed by atoms with Crippen molar-refractivity contribution in [2.75, 3.05) is 40.4 Å². The summed E-state index contributed by atoms with van der Waals surface area (Å²) >= 11 is 0. The van der Waals surface area contributed by atoms with Gasteiger partial charge in [0, 0.05) is 39.8 Å². The molecule has 0 aliphatic carbocycles. The van der Waals surface area contributed by atoms with Crippen molar-refractivity contribution in [1.29, 1.82) is 0 Å². The first-order valence-corrected chi connectivity index (χ1v) is 11.0. The number of carbonyl (C=O) groups is 1. The zero-order valence-electron chi connectivity index (χ0n) is 18.3. The van der Waals surface area contributed by atoms with Crippen molar-refractivity contribution in [3.63, 3.8) is 0 Å². The van der Waals surface area contributed by atoms with Gasteiger partial charge in [0.1, 0.15) is 0 Å². The molecule has 30 heavy (non-hydrogen) atoms. The number of methoxy groups -OCH3 is 1. The first kappa shape index (κ1) is 22.3. The first-order valence-electron chi connectivity index (χ1n) is 11.0. The van der Waals surface area contributed by atoms with Crippen LogP contribution in [0.2, 0.25) is 0 Å². The second-order valence-corrected chi connectivity index (χ2v) is 8.33. The van der Waals surface area contributed by atoms with Crippen LogP contribution in [0.1, 0.15) is 29.5 Å². The summed E-state index contributed by atoms with van der Waals surface area (Å²) < 4.78 is 5.14. The van der Waals surface area contributed by atoms with Crippen molar-refractivity contribution in [3.8, 4) is 0 Å². The first-order chi connectivity index (χ1) is 14.6. The number of hydrogen-bond acceptors (Lipinski definition) is 3. The number of hydrogen-bond donors (Lipinski definition) is 1. The van der Waals surface area contributed by atoms with E-state index in [1.165, 1.54) is 11.1 Å². The van der Waals surface area contributed by atoms with Crippen LogP contribution in [0.5, 0.6) is 0 Å². The van der Waals surface area contributed by atoms with Crippen LogP contribution in [0.3, 0.4) is 0 Å². The summed E-state index contributed by atoms with van der Waals surface area (Å²) in [4.78, 5) is 16.7. The van der Waals surface area contributed by atoms with Crippen LogP contribution >= 0.6 is 0 Å². The van der Waals surface area contributed by atoms with Crippen LogP contribution < -0.4 is 5.32 Å². The van der Waals surface area contributed by atoms with E-state index in [1.54, 1.807) is 7.11 Å². The van der Waals surface area contributed by atoms with E-state index < -0.39 is 0 Å². The number of nitrogens with zero attached hydrogens (tertiary/aromatic N) is 2. The number of ether oxygens (including phenoxy) is 1. The Balaban J connectivity index is 1.38. The van der Waals surface area contributed by atoms with E-state index in [1.807, 2.05) is 35.2 Å². The van der Waals surface area contributed by atoms with Crippen LogP contribution in [0.15, 0.2) is 54.6 Å². The van der Waals surface area contributed by atoms with Gasteiger partial charge >= 0.3 is 6.03 Å². The van der Waals surface area contributed by atoms with E-state index in [2.05, 4.69) is 41.5 Å². The summed E-state index contributed by atoms with van der Waals surface area (Å²) in [5.41, 5.74) is 3.86. The lowest BCUT2D eigenvalue weighted by Crippen LogP contribution is -2.44. The molecular formula is C25H35N3O2. The molecule has 0 atom stereocenters. The van der Waals surface area contributed by atoms with Crippen LogP contribution in [-0.2, 0) is 24.2 Å². The summed E-state index contributed by atoms with van der Waals surface area (Å²) in [6, 6.07) is 19.1. The fourth-order valence-corrected chi connectivity index (χ4v) is 3.98. The summed E-state index contributed by atoms with van der Waals surface area (Å²) in [7, 11) is 3.86. The molecule has 2 aromatic rings. The number of carbonyl (C=O) groups excluding carboxylic acids is 1. The van der Waals surface area contributed by atoms with E-state index in [0.717, 1.165) is 57.6 Å². The van der Waals surface area contributed by atoms with Crippen LogP contribution in [-0.4, -0.2) is 56.2 Å². The molecule has 1 heterocycles. The molecule has 0 radical (unpaired) electrons. The molecule has 0 bridgehead atoms. The van der Waals surface area contributed by atoms with Gasteiger partial charge in [-0.3, -0.25) is 4.90 Å². The Kier molecular flexibility index (Phi) is 8.72. The van der Waals surface area contributed by atoms with Crippen molar-refractivity contribution in [2.24, 2.45) is 5.92 Å². The SMILES string of the molecule is COCCN(C)Cc1ccc(CC2CCN(C(=O)NCc3ccccc3)CC2)cc1. The smallest absolute Gasteiger partial charge is 0.317 e. The summed E-state index contributed by atoms with van der Waals surface area (Å²) in [6.07, 6.45) is 3.24. The molecule has 162 valence electrons. The zero-order chi connectivity index (χ0) is 21.2. The third kappa shape index (κ3) is 7.15. The molecule has 0 spiro atoms. The van der Waals surface area contributed by atoms with Gasteiger partial charge in [0.25, 0.3) is 0 Å². The summed E-state index contributed by atoms with van der Waals surface area (Å²) in [6.45, 7) is 4.92. The van der Waals surface area contributed by atoms with E-state index in [4.69, 9.17) is 4.74 Å². The van der Waals surface area contributed by atoms with E-state index in [0.29, 0.717) is 12.5 Å². The van der Waals surface area contributed by atoms with E-state index >= 15 is 0 Å². The number of likely N-dealkylation sites (tertiary alicyclic amines) is 1. The Morgan fingerprint density at radius 3 is 2.37 bits per heavy atom. The minimum absolute atomic E-state index is 0.0549. The molecule has 5 heteroatoms. The molecule has 5 nitrogen and oxygen atoms in total. The quantitative estimate of drug-likeness (QED) is 0.683. The second-order valence-electron chi connectivity index (χ2n) is 8.33. The third-order valence-electron chi connectivity index (χ3n) is 5.87. The molecule has 1 N–H and O–H groups in total. The van der Waals surface area contributed by atoms with Crippen LogP contribution in [0, 0.1) is 5.92 Å². The molecule has 1 aliphatic rings. The van der Waals surface area contributed by atoms with Crippen molar-refractivity contribution in [3.05, 3.63) is 71.3 Å². The number of likely N-dealkylation sites (N-methyl/N-ethyl adjacent to an activating group) is 1. The Morgan fingerprint density at radius 2 is 1.70 bits per heavy atom. The Labute approximate surface area is 181 Å². The monoisotopic (exact) mass is 409 g/mol. The van der Waals surface area contributed by atoms with Crippen LogP contribution in [0.25, 0.3) is 0 Å². The van der Waals surface area contributed by atoms with Crippen LogP contribution in [0.4, 0.5) is 4.79 Å². The highest BCUT2D eigenvalue weighted by atomic mass is 16.5. The minimum Gasteiger partial charge on any atom is -0.383 e. The van der Waals surface area contributed by atoms with Gasteiger partial charge in [-0.25, -0.2) is 4.79 Å². The van der Waals surface area contributed by atoms with Crippen molar-refractivity contribution < 1.29 is 9.53 Å². The van der Waals surface area contributed by atoms with E-state index in [-0.39, 0.29) is 6.03 Å². The van der Waals surface area contributed by atoms with Crippen molar-refractivity contribution in [1.82, 2.24) is 15.1 Å². The summed E-state index contributed by atoms with van der Waals surface area (Å²) in [5, 5.41) is 3.04. The van der Waals surface area contributed by atoms with Crippen molar-refractivity contribution in [2.45, 2.75) is 32.4 Å². The molecule has 3 rings (SSSR count). The lowest BCUT2D eigenvalue weighted by molar-refractivity contribution is 0.158. The topological polar surface area (TPSA) is 44.8 Å². The standard InChI is InChI=1S/C25H35N3O2/c1-27(16-17-30-2)20-24-10-8-21(9-11-24)18-22-12-14-28(15-13-22)25(29)26-19-23-6-4-3-5-7-23/h3-11,22H,12-20H2,1-2H3,(H,26,29). The average Bonchev–Trinajstić information content (AvgIpc) is 2.78. The van der Waals surface area contributed by atoms with Gasteiger partial charge in [-0.05, 0) is 48.9 Å². The number of amides is 2. The largest absolute Gasteiger partial charge is 0.383 e.